The largest absolute Gasteiger partial charge is 0.482 e. The molecule has 1 unspecified atom stereocenters. The number of benzene rings is 2. The van der Waals surface area contributed by atoms with E-state index in [4.69, 9.17) is 4.74 Å². The van der Waals surface area contributed by atoms with Crippen LogP contribution in [0.15, 0.2) is 52.9 Å². The first-order valence-electron chi connectivity index (χ1n) is 12.1. The molecular weight excluding hydrogens is 474 g/mol. The van der Waals surface area contributed by atoms with E-state index in [-0.39, 0.29) is 23.9 Å². The molecule has 1 amide bonds. The number of carbonyl (C=O) groups excluding carboxylic acids is 2. The van der Waals surface area contributed by atoms with Gasteiger partial charge in [0.15, 0.2) is 12.4 Å². The Kier molecular flexibility index (Phi) is 5.48. The van der Waals surface area contributed by atoms with Gasteiger partial charge in [0.25, 0.3) is 11.5 Å². The minimum Gasteiger partial charge on any atom is -0.482 e. The van der Waals surface area contributed by atoms with Crippen LogP contribution in [0.1, 0.15) is 47.3 Å². The van der Waals surface area contributed by atoms with Gasteiger partial charge in [0.1, 0.15) is 10.6 Å². The van der Waals surface area contributed by atoms with E-state index in [1.807, 2.05) is 5.38 Å². The quantitative estimate of drug-likeness (QED) is 0.377. The van der Waals surface area contributed by atoms with Crippen molar-refractivity contribution in [3.63, 3.8) is 0 Å². The number of nitrogens with zero attached hydrogens (tertiary/aromatic N) is 3. The van der Waals surface area contributed by atoms with Gasteiger partial charge < -0.3 is 9.64 Å². The van der Waals surface area contributed by atoms with E-state index in [0.29, 0.717) is 27.2 Å². The lowest BCUT2D eigenvalue weighted by Gasteiger charge is -2.26. The number of likely N-dealkylation sites (N-methyl/N-ethyl adjacent to an activating group) is 1. The van der Waals surface area contributed by atoms with Crippen molar-refractivity contribution in [1.82, 2.24) is 9.55 Å². The first kappa shape index (κ1) is 22.7. The maximum atomic E-state index is 13.7. The Morgan fingerprint density at radius 1 is 1.08 bits per heavy atom. The third-order valence-electron chi connectivity index (χ3n) is 7.31. The number of carbonyl (C=O) groups is 2. The fraction of sp³-hybridized carbons (Fsp3) is 0.286. The summed E-state index contributed by atoms with van der Waals surface area (Å²) in [6, 6.07) is 10.7. The van der Waals surface area contributed by atoms with Gasteiger partial charge in [0.05, 0.1) is 23.4 Å². The Balaban J connectivity index is 1.38. The van der Waals surface area contributed by atoms with E-state index in [9.17, 15) is 14.4 Å². The standard InChI is InChI=1S/C28H25N3O4S/c1-16(26(33)20-9-10-23-22(12-20)30(2)24(32)13-35-23)31-15-29-27-25(28(31)34)21(14-36-27)19-8-7-17-5-3-4-6-18(17)11-19/h7-12,14-16H,3-6,13H2,1-2H3. The van der Waals surface area contributed by atoms with E-state index in [1.54, 1.807) is 32.2 Å². The molecule has 36 heavy (non-hydrogen) atoms. The zero-order valence-corrected chi connectivity index (χ0v) is 20.9. The molecule has 0 fully saturated rings. The Bertz CT molecular complexity index is 1600. The van der Waals surface area contributed by atoms with Crippen LogP contribution >= 0.6 is 11.3 Å². The number of hydrogen-bond acceptors (Lipinski definition) is 6. The fourth-order valence-electron chi connectivity index (χ4n) is 5.13. The molecule has 1 aliphatic heterocycles. The topological polar surface area (TPSA) is 81.5 Å². The normalized spacial score (nSPS) is 15.8. The van der Waals surface area contributed by atoms with Crippen molar-refractivity contribution in [2.45, 2.75) is 38.6 Å². The van der Waals surface area contributed by atoms with Gasteiger partial charge in [-0.05, 0) is 67.5 Å². The summed E-state index contributed by atoms with van der Waals surface area (Å²) in [5, 5.41) is 2.53. The predicted octanol–water partition coefficient (Wildman–Crippen LogP) is 4.80. The SMILES string of the molecule is CC(C(=O)c1ccc2c(c1)N(C)C(=O)CO2)n1cnc2scc(-c3ccc4c(c3)CCCC4)c2c1=O. The molecule has 0 bridgehead atoms. The number of anilines is 1. The summed E-state index contributed by atoms with van der Waals surface area (Å²) in [7, 11) is 1.66. The van der Waals surface area contributed by atoms with E-state index in [1.165, 1.54) is 51.1 Å². The molecule has 4 aromatic rings. The number of rotatable bonds is 4. The van der Waals surface area contributed by atoms with Crippen LogP contribution in [0, 0.1) is 0 Å². The summed E-state index contributed by atoms with van der Waals surface area (Å²) in [5.41, 5.74) is 5.33. The van der Waals surface area contributed by atoms with Crippen molar-refractivity contribution >= 4 is 38.9 Å². The number of thiophene rings is 1. The summed E-state index contributed by atoms with van der Waals surface area (Å²) in [6.07, 6.45) is 6.03. The number of Topliss-reactive ketones (excluding diaryl/α,β-unsaturated/α-hetero) is 1. The molecule has 0 saturated heterocycles. The Morgan fingerprint density at radius 3 is 2.72 bits per heavy atom. The second-order valence-corrected chi connectivity index (χ2v) is 10.3. The van der Waals surface area contributed by atoms with Gasteiger partial charge in [-0.1, -0.05) is 18.2 Å². The molecule has 2 aliphatic rings. The van der Waals surface area contributed by atoms with Crippen LogP contribution in [0.2, 0.25) is 0 Å². The first-order chi connectivity index (χ1) is 17.4. The lowest BCUT2D eigenvalue weighted by molar-refractivity contribution is -0.120. The molecule has 182 valence electrons. The molecule has 0 saturated carbocycles. The van der Waals surface area contributed by atoms with Crippen LogP contribution in [-0.2, 0) is 17.6 Å². The maximum Gasteiger partial charge on any atom is 0.264 e. The highest BCUT2D eigenvalue weighted by atomic mass is 32.1. The third-order valence-corrected chi connectivity index (χ3v) is 8.19. The highest BCUT2D eigenvalue weighted by Crippen LogP contribution is 2.35. The summed E-state index contributed by atoms with van der Waals surface area (Å²) in [6.45, 7) is 1.68. The minimum absolute atomic E-state index is 0.0263. The zero-order valence-electron chi connectivity index (χ0n) is 20.1. The third kappa shape index (κ3) is 3.64. The van der Waals surface area contributed by atoms with Crippen molar-refractivity contribution in [3.8, 4) is 16.9 Å². The highest BCUT2D eigenvalue weighted by Gasteiger charge is 2.26. The van der Waals surface area contributed by atoms with Gasteiger partial charge in [-0.15, -0.1) is 11.3 Å². The number of hydrogen-bond donors (Lipinski definition) is 0. The molecule has 7 nitrogen and oxygen atoms in total. The first-order valence-corrected chi connectivity index (χ1v) is 13.0. The Labute approximate surface area is 212 Å². The van der Waals surface area contributed by atoms with Crippen LogP contribution in [0.4, 0.5) is 5.69 Å². The molecular formula is C28H25N3O4S. The average molecular weight is 500 g/mol. The van der Waals surface area contributed by atoms with Crippen LogP contribution < -0.4 is 15.2 Å². The van der Waals surface area contributed by atoms with Gasteiger partial charge in [-0.25, -0.2) is 4.98 Å². The van der Waals surface area contributed by atoms with Gasteiger partial charge >= 0.3 is 0 Å². The van der Waals surface area contributed by atoms with Gasteiger partial charge in [0, 0.05) is 23.6 Å². The molecule has 0 radical (unpaired) electrons. The average Bonchev–Trinajstić information content (AvgIpc) is 3.35. The molecule has 2 aromatic heterocycles. The van der Waals surface area contributed by atoms with Gasteiger partial charge in [0.2, 0.25) is 0 Å². The van der Waals surface area contributed by atoms with Crippen LogP contribution in [0.5, 0.6) is 5.75 Å². The van der Waals surface area contributed by atoms with E-state index in [0.717, 1.165) is 24.0 Å². The van der Waals surface area contributed by atoms with E-state index < -0.39 is 6.04 Å². The van der Waals surface area contributed by atoms with Gasteiger partial charge in [-0.2, -0.15) is 0 Å². The van der Waals surface area contributed by atoms with Crippen molar-refractivity contribution in [2.75, 3.05) is 18.6 Å². The number of ether oxygens (including phenoxy) is 1. The molecule has 2 aromatic carbocycles. The second-order valence-electron chi connectivity index (χ2n) is 9.44. The monoisotopic (exact) mass is 499 g/mol. The number of amides is 1. The Morgan fingerprint density at radius 2 is 1.89 bits per heavy atom. The minimum atomic E-state index is -0.769. The summed E-state index contributed by atoms with van der Waals surface area (Å²) in [4.78, 5) is 45.8. The predicted molar refractivity (Wildman–Crippen MR) is 140 cm³/mol. The summed E-state index contributed by atoms with van der Waals surface area (Å²) >= 11 is 1.44. The summed E-state index contributed by atoms with van der Waals surface area (Å²) < 4.78 is 6.87. The van der Waals surface area contributed by atoms with E-state index >= 15 is 0 Å². The molecule has 6 rings (SSSR count). The van der Waals surface area contributed by atoms with Crippen molar-refractivity contribution in [1.29, 1.82) is 0 Å². The lowest BCUT2D eigenvalue weighted by Crippen LogP contribution is -2.35. The molecule has 8 heteroatoms. The van der Waals surface area contributed by atoms with Crippen LogP contribution in [-0.4, -0.2) is 34.9 Å². The highest BCUT2D eigenvalue weighted by molar-refractivity contribution is 7.17. The molecule has 3 heterocycles. The lowest BCUT2D eigenvalue weighted by atomic mass is 9.89. The van der Waals surface area contributed by atoms with Crippen molar-refractivity contribution in [2.24, 2.45) is 0 Å². The zero-order chi connectivity index (χ0) is 25.0. The van der Waals surface area contributed by atoms with Crippen LogP contribution in [0.3, 0.4) is 0 Å². The smallest absolute Gasteiger partial charge is 0.264 e. The Hall–Kier alpha value is -3.78. The molecule has 1 aliphatic carbocycles. The number of aromatic nitrogens is 2. The molecule has 1 atom stereocenters. The number of ketones is 1. The van der Waals surface area contributed by atoms with Crippen molar-refractivity contribution in [3.05, 3.63) is 75.1 Å². The van der Waals surface area contributed by atoms with Gasteiger partial charge in [-0.3, -0.25) is 19.0 Å². The summed E-state index contributed by atoms with van der Waals surface area (Å²) in [5.74, 6) is 0.130. The maximum absolute atomic E-state index is 13.7. The number of aryl methyl sites for hydroxylation is 2. The van der Waals surface area contributed by atoms with Crippen molar-refractivity contribution < 1.29 is 14.3 Å². The fourth-order valence-corrected chi connectivity index (χ4v) is 6.03. The molecule has 0 N–H and O–H groups in total. The molecule has 0 spiro atoms. The number of fused-ring (bicyclic) bond motifs is 3. The van der Waals surface area contributed by atoms with E-state index in [2.05, 4.69) is 23.2 Å². The van der Waals surface area contributed by atoms with Crippen LogP contribution in [0.25, 0.3) is 21.3 Å². The second kappa shape index (κ2) is 8.71.